The largest absolute Gasteiger partial charge is 0.355 e. The predicted molar refractivity (Wildman–Crippen MR) is 100 cm³/mol. The fourth-order valence-corrected chi connectivity index (χ4v) is 2.53. The summed E-state index contributed by atoms with van der Waals surface area (Å²) in [4.78, 5) is 24.1. The molecule has 144 valence electrons. The molecule has 0 atom stereocenters. The Morgan fingerprint density at radius 1 is 0.815 bits per heavy atom. The highest BCUT2D eigenvalue weighted by Crippen LogP contribution is 2.12. The Bertz CT molecular complexity index is 741. The normalized spacial score (nSPS) is 11.1. The van der Waals surface area contributed by atoms with Gasteiger partial charge >= 0.3 is 0 Å². The minimum Gasteiger partial charge on any atom is -0.355 e. The molecule has 0 fully saturated rings. The molecule has 0 aliphatic rings. The van der Waals surface area contributed by atoms with Crippen molar-refractivity contribution in [3.8, 4) is 0 Å². The van der Waals surface area contributed by atoms with Crippen molar-refractivity contribution in [1.82, 2.24) is 10.6 Å². The van der Waals surface area contributed by atoms with Gasteiger partial charge in [0.25, 0.3) is 0 Å². The van der Waals surface area contributed by atoms with Crippen LogP contribution in [0.5, 0.6) is 0 Å². The van der Waals surface area contributed by atoms with Gasteiger partial charge in [-0.05, 0) is 40.8 Å². The van der Waals surface area contributed by atoms with Gasteiger partial charge in [-0.2, -0.15) is 0 Å². The Hall–Kier alpha value is -2.76. The van der Waals surface area contributed by atoms with Crippen molar-refractivity contribution in [1.29, 1.82) is 0 Å². The van der Waals surface area contributed by atoms with Crippen molar-refractivity contribution in [2.75, 3.05) is 13.1 Å². The van der Waals surface area contributed by atoms with Gasteiger partial charge in [0, 0.05) is 13.1 Å². The molecule has 0 spiro atoms. The summed E-state index contributed by atoms with van der Waals surface area (Å²) in [5.74, 6) is -1.16. The van der Waals surface area contributed by atoms with Crippen LogP contribution in [0.25, 0.3) is 0 Å². The minimum atomic E-state index is -0.373. The van der Waals surface area contributed by atoms with E-state index in [1.807, 2.05) is 13.8 Å². The van der Waals surface area contributed by atoms with E-state index in [9.17, 15) is 18.4 Å². The number of nitrogens with one attached hydrogen (secondary N) is 2. The van der Waals surface area contributed by atoms with E-state index in [-0.39, 0.29) is 41.7 Å². The van der Waals surface area contributed by atoms with E-state index in [0.29, 0.717) is 24.2 Å². The van der Waals surface area contributed by atoms with Crippen molar-refractivity contribution in [2.24, 2.45) is 5.41 Å². The van der Waals surface area contributed by atoms with Gasteiger partial charge in [0.15, 0.2) is 0 Å². The van der Waals surface area contributed by atoms with Gasteiger partial charge in [-0.25, -0.2) is 8.78 Å². The minimum absolute atomic E-state index is 0.0970. The summed E-state index contributed by atoms with van der Waals surface area (Å²) in [6, 6.07) is 11.8. The third kappa shape index (κ3) is 7.56. The average Bonchev–Trinajstić information content (AvgIpc) is 2.59. The Labute approximate surface area is 158 Å². The van der Waals surface area contributed by atoms with Crippen LogP contribution in [0.1, 0.15) is 25.0 Å². The maximum absolute atomic E-state index is 13.2. The van der Waals surface area contributed by atoms with Crippen LogP contribution >= 0.6 is 0 Å². The molecule has 0 aromatic heterocycles. The lowest BCUT2D eigenvalue weighted by Gasteiger charge is -2.25. The second-order valence-electron chi connectivity index (χ2n) is 7.33. The van der Waals surface area contributed by atoms with Gasteiger partial charge < -0.3 is 10.6 Å². The highest BCUT2D eigenvalue weighted by molar-refractivity contribution is 5.79. The smallest absolute Gasteiger partial charge is 0.224 e. The van der Waals surface area contributed by atoms with Crippen LogP contribution in [-0.4, -0.2) is 24.9 Å². The summed E-state index contributed by atoms with van der Waals surface area (Å²) in [5, 5.41) is 5.62. The third-order valence-corrected chi connectivity index (χ3v) is 4.04. The van der Waals surface area contributed by atoms with E-state index in [0.717, 1.165) is 0 Å². The van der Waals surface area contributed by atoms with E-state index in [1.165, 1.54) is 24.3 Å². The summed E-state index contributed by atoms with van der Waals surface area (Å²) in [6.07, 6.45) is 0.194. The lowest BCUT2D eigenvalue weighted by molar-refractivity contribution is -0.120. The SMILES string of the molecule is CC(C)(CNC(=O)Cc1cccc(F)c1)CNC(=O)Cc1cccc(F)c1. The number of hydrogen-bond donors (Lipinski definition) is 2. The topological polar surface area (TPSA) is 58.2 Å². The molecule has 2 rings (SSSR count). The predicted octanol–water partition coefficient (Wildman–Crippen LogP) is 3.01. The van der Waals surface area contributed by atoms with E-state index in [2.05, 4.69) is 10.6 Å². The zero-order valence-corrected chi connectivity index (χ0v) is 15.5. The van der Waals surface area contributed by atoms with E-state index in [4.69, 9.17) is 0 Å². The first-order valence-corrected chi connectivity index (χ1v) is 8.76. The van der Waals surface area contributed by atoms with Gasteiger partial charge in [0.1, 0.15) is 11.6 Å². The highest BCUT2D eigenvalue weighted by Gasteiger charge is 2.20. The van der Waals surface area contributed by atoms with Gasteiger partial charge in [-0.15, -0.1) is 0 Å². The van der Waals surface area contributed by atoms with Crippen LogP contribution < -0.4 is 10.6 Å². The van der Waals surface area contributed by atoms with Crippen molar-refractivity contribution in [3.05, 3.63) is 71.3 Å². The summed E-state index contributed by atoms with van der Waals surface area (Å²) < 4.78 is 26.3. The van der Waals surface area contributed by atoms with Crippen molar-refractivity contribution in [3.63, 3.8) is 0 Å². The fraction of sp³-hybridized carbons (Fsp3) is 0.333. The molecular weight excluding hydrogens is 350 g/mol. The van der Waals surface area contributed by atoms with E-state index >= 15 is 0 Å². The van der Waals surface area contributed by atoms with Crippen LogP contribution in [0.4, 0.5) is 8.78 Å². The molecule has 0 saturated carbocycles. The van der Waals surface area contributed by atoms with Crippen LogP contribution in [-0.2, 0) is 22.4 Å². The molecule has 0 unspecified atom stereocenters. The quantitative estimate of drug-likeness (QED) is 0.746. The number of carbonyl (C=O) groups is 2. The van der Waals surface area contributed by atoms with Gasteiger partial charge in [0.2, 0.25) is 11.8 Å². The lowest BCUT2D eigenvalue weighted by atomic mass is 9.93. The number of amides is 2. The molecule has 2 aromatic carbocycles. The molecule has 0 aliphatic heterocycles. The molecule has 2 amide bonds. The molecule has 0 aliphatic carbocycles. The second-order valence-corrected chi connectivity index (χ2v) is 7.33. The maximum Gasteiger partial charge on any atom is 0.224 e. The van der Waals surface area contributed by atoms with Gasteiger partial charge in [-0.3, -0.25) is 9.59 Å². The molecule has 0 radical (unpaired) electrons. The molecule has 27 heavy (non-hydrogen) atoms. The Balaban J connectivity index is 1.75. The number of hydrogen-bond acceptors (Lipinski definition) is 2. The Kier molecular flexibility index (Phi) is 7.05. The monoisotopic (exact) mass is 374 g/mol. The first kappa shape index (κ1) is 20.6. The van der Waals surface area contributed by atoms with Crippen LogP contribution in [0.15, 0.2) is 48.5 Å². The van der Waals surface area contributed by atoms with Crippen LogP contribution in [0.3, 0.4) is 0 Å². The van der Waals surface area contributed by atoms with E-state index < -0.39 is 0 Å². The molecule has 0 saturated heterocycles. The van der Waals surface area contributed by atoms with Crippen molar-refractivity contribution >= 4 is 11.8 Å². The number of rotatable bonds is 8. The van der Waals surface area contributed by atoms with E-state index in [1.54, 1.807) is 24.3 Å². The summed E-state index contributed by atoms with van der Waals surface area (Å²) in [7, 11) is 0. The average molecular weight is 374 g/mol. The highest BCUT2D eigenvalue weighted by atomic mass is 19.1. The zero-order chi connectivity index (χ0) is 19.9. The summed E-state index contributed by atoms with van der Waals surface area (Å²) >= 11 is 0. The van der Waals surface area contributed by atoms with Crippen molar-refractivity contribution in [2.45, 2.75) is 26.7 Å². The molecule has 2 N–H and O–H groups in total. The number of benzene rings is 2. The van der Waals surface area contributed by atoms with Gasteiger partial charge in [-0.1, -0.05) is 38.1 Å². The zero-order valence-electron chi connectivity index (χ0n) is 15.5. The Morgan fingerprint density at radius 3 is 1.59 bits per heavy atom. The molecule has 6 heteroatoms. The van der Waals surface area contributed by atoms with Crippen LogP contribution in [0, 0.1) is 17.0 Å². The van der Waals surface area contributed by atoms with Crippen molar-refractivity contribution < 1.29 is 18.4 Å². The molecule has 0 heterocycles. The Morgan fingerprint density at radius 2 is 1.22 bits per heavy atom. The standard InChI is InChI=1S/C21H24F2N2O2/c1-21(2,13-24-19(26)11-15-5-3-7-17(22)9-15)14-25-20(27)12-16-6-4-8-18(23)10-16/h3-10H,11-14H2,1-2H3,(H,24,26)(H,25,27). The molecule has 2 aromatic rings. The summed E-state index contributed by atoms with van der Waals surface area (Å²) in [5.41, 5.74) is 0.845. The first-order chi connectivity index (χ1) is 12.7. The molecule has 0 bridgehead atoms. The van der Waals surface area contributed by atoms with Crippen LogP contribution in [0.2, 0.25) is 0 Å². The second kappa shape index (κ2) is 9.26. The van der Waals surface area contributed by atoms with Gasteiger partial charge in [0.05, 0.1) is 12.8 Å². The maximum atomic E-state index is 13.2. The number of carbonyl (C=O) groups excluding carboxylic acids is 2. The first-order valence-electron chi connectivity index (χ1n) is 8.76. The number of halogens is 2. The summed E-state index contributed by atoms with van der Waals surface area (Å²) in [6.45, 7) is 4.55. The fourth-order valence-electron chi connectivity index (χ4n) is 2.53. The molecular formula is C21H24F2N2O2. The molecule has 4 nitrogen and oxygen atoms in total. The lowest BCUT2D eigenvalue weighted by Crippen LogP contribution is -2.42. The third-order valence-electron chi connectivity index (χ3n) is 4.04.